The van der Waals surface area contributed by atoms with Crippen LogP contribution in [0.1, 0.15) is 22.0 Å². The second-order valence-corrected chi connectivity index (χ2v) is 6.21. The third kappa shape index (κ3) is 4.35. The Morgan fingerprint density at radius 2 is 1.76 bits per heavy atom. The molecule has 2 aromatic carbocycles. The zero-order valence-electron chi connectivity index (χ0n) is 13.8. The van der Waals surface area contributed by atoms with Gasteiger partial charge in [-0.15, -0.1) is 0 Å². The Labute approximate surface area is 145 Å². The van der Waals surface area contributed by atoms with Gasteiger partial charge >= 0.3 is 0 Å². The van der Waals surface area contributed by atoms with Crippen LogP contribution in [0.2, 0.25) is 0 Å². The molecule has 1 aliphatic rings. The first-order chi connectivity index (χ1) is 12.0. The molecule has 2 N–H and O–H groups in total. The summed E-state index contributed by atoms with van der Waals surface area (Å²) in [6.45, 7) is 2.84. The number of carbonyl (C=O) groups excluding carboxylic acids is 1. The zero-order chi connectivity index (χ0) is 17.8. The molecule has 1 heterocycles. The number of aliphatic hydroxyl groups excluding tert-OH is 1. The first kappa shape index (κ1) is 17.4. The van der Waals surface area contributed by atoms with E-state index in [1.54, 1.807) is 29.2 Å². The van der Waals surface area contributed by atoms with Crippen LogP contribution >= 0.6 is 0 Å². The van der Waals surface area contributed by atoms with E-state index in [1.165, 1.54) is 24.3 Å². The monoisotopic (exact) mass is 344 g/mol. The van der Waals surface area contributed by atoms with Gasteiger partial charge in [-0.3, -0.25) is 9.69 Å². The van der Waals surface area contributed by atoms with Crippen molar-refractivity contribution < 1.29 is 19.4 Å². The highest BCUT2D eigenvalue weighted by atomic mass is 19.1. The van der Waals surface area contributed by atoms with Crippen LogP contribution in [0.25, 0.3) is 0 Å². The molecule has 0 radical (unpaired) electrons. The molecule has 1 amide bonds. The molecule has 0 aliphatic carbocycles. The minimum absolute atomic E-state index is 0.0645. The minimum atomic E-state index is -0.755. The van der Waals surface area contributed by atoms with Gasteiger partial charge < -0.3 is 15.1 Å². The fourth-order valence-electron chi connectivity index (χ4n) is 2.98. The van der Waals surface area contributed by atoms with Gasteiger partial charge in [0.2, 0.25) is 0 Å². The lowest BCUT2D eigenvalue weighted by Crippen LogP contribution is -2.49. The van der Waals surface area contributed by atoms with Gasteiger partial charge in [-0.05, 0) is 42.0 Å². The summed E-state index contributed by atoms with van der Waals surface area (Å²) in [5, 5.41) is 19.6. The van der Waals surface area contributed by atoms with E-state index in [-0.39, 0.29) is 17.5 Å². The molecular formula is C19H21FN2O3. The third-order valence-corrected chi connectivity index (χ3v) is 4.44. The molecule has 0 spiro atoms. The molecule has 3 rings (SSSR count). The third-order valence-electron chi connectivity index (χ3n) is 4.44. The first-order valence-corrected chi connectivity index (χ1v) is 8.27. The average molecular weight is 344 g/mol. The average Bonchev–Trinajstić information content (AvgIpc) is 2.62. The van der Waals surface area contributed by atoms with Crippen LogP contribution in [-0.2, 0) is 0 Å². The summed E-state index contributed by atoms with van der Waals surface area (Å²) in [5.74, 6) is -0.293. The summed E-state index contributed by atoms with van der Waals surface area (Å²) < 4.78 is 13.2. The van der Waals surface area contributed by atoms with E-state index in [0.29, 0.717) is 43.9 Å². The van der Waals surface area contributed by atoms with Crippen molar-refractivity contribution in [3.05, 3.63) is 65.5 Å². The van der Waals surface area contributed by atoms with Crippen molar-refractivity contribution in [2.24, 2.45) is 0 Å². The number of amides is 1. The van der Waals surface area contributed by atoms with Crippen LogP contribution in [0.5, 0.6) is 5.75 Å². The number of phenolic OH excluding ortho intramolecular Hbond substituents is 1. The maximum absolute atomic E-state index is 13.2. The summed E-state index contributed by atoms with van der Waals surface area (Å²) in [6.07, 6.45) is -0.755. The van der Waals surface area contributed by atoms with Gasteiger partial charge in [0.05, 0.1) is 6.10 Å². The van der Waals surface area contributed by atoms with Crippen LogP contribution in [0, 0.1) is 5.82 Å². The molecule has 0 saturated carbocycles. The lowest BCUT2D eigenvalue weighted by Gasteiger charge is -2.35. The van der Waals surface area contributed by atoms with Crippen LogP contribution in [-0.4, -0.2) is 58.6 Å². The van der Waals surface area contributed by atoms with E-state index in [9.17, 15) is 19.4 Å². The number of hydrogen-bond acceptors (Lipinski definition) is 4. The van der Waals surface area contributed by atoms with Gasteiger partial charge in [-0.25, -0.2) is 4.39 Å². The van der Waals surface area contributed by atoms with Crippen LogP contribution in [0.3, 0.4) is 0 Å². The SMILES string of the molecule is O=C(c1ccc(O)cc1)N1CCN(CC(O)c2cccc(F)c2)CC1. The minimum Gasteiger partial charge on any atom is -0.508 e. The van der Waals surface area contributed by atoms with Crippen LogP contribution in [0.4, 0.5) is 4.39 Å². The number of nitrogens with zero attached hydrogens (tertiary/aromatic N) is 2. The van der Waals surface area contributed by atoms with E-state index < -0.39 is 6.10 Å². The van der Waals surface area contributed by atoms with Gasteiger partial charge in [0.25, 0.3) is 5.91 Å². The number of aliphatic hydroxyl groups is 1. The number of hydrogen-bond donors (Lipinski definition) is 2. The Morgan fingerprint density at radius 1 is 1.08 bits per heavy atom. The number of phenols is 1. The summed E-state index contributed by atoms with van der Waals surface area (Å²) in [6, 6.07) is 12.2. The van der Waals surface area contributed by atoms with Gasteiger partial charge in [0.1, 0.15) is 11.6 Å². The maximum atomic E-state index is 13.2. The van der Waals surface area contributed by atoms with Crippen molar-refractivity contribution in [3.63, 3.8) is 0 Å². The van der Waals surface area contributed by atoms with E-state index in [2.05, 4.69) is 4.90 Å². The van der Waals surface area contributed by atoms with Crippen LogP contribution < -0.4 is 0 Å². The second kappa shape index (κ2) is 7.63. The quantitative estimate of drug-likeness (QED) is 0.891. The van der Waals surface area contributed by atoms with Gasteiger partial charge in [0, 0.05) is 38.3 Å². The number of aromatic hydroxyl groups is 1. The Balaban J connectivity index is 1.53. The Morgan fingerprint density at radius 3 is 2.40 bits per heavy atom. The molecule has 0 aromatic heterocycles. The number of β-amino-alcohol motifs (C(OH)–C–C–N with tert-alkyl or cyclic N) is 1. The fourth-order valence-corrected chi connectivity index (χ4v) is 2.98. The molecule has 132 valence electrons. The molecule has 5 nitrogen and oxygen atoms in total. The molecule has 0 bridgehead atoms. The van der Waals surface area contributed by atoms with Gasteiger partial charge in [-0.1, -0.05) is 12.1 Å². The number of rotatable bonds is 4. The topological polar surface area (TPSA) is 64.0 Å². The molecule has 1 unspecified atom stereocenters. The first-order valence-electron chi connectivity index (χ1n) is 8.27. The summed E-state index contributed by atoms with van der Waals surface area (Å²) >= 11 is 0. The van der Waals surface area contributed by atoms with Gasteiger partial charge in [0.15, 0.2) is 0 Å². The molecule has 1 fully saturated rings. The molecule has 6 heteroatoms. The maximum Gasteiger partial charge on any atom is 0.253 e. The zero-order valence-corrected chi connectivity index (χ0v) is 13.8. The molecule has 1 saturated heterocycles. The van der Waals surface area contributed by atoms with Gasteiger partial charge in [-0.2, -0.15) is 0 Å². The highest BCUT2D eigenvalue weighted by molar-refractivity contribution is 5.94. The normalized spacial score (nSPS) is 16.6. The van der Waals surface area contributed by atoms with Crippen molar-refractivity contribution in [1.82, 2.24) is 9.80 Å². The predicted molar refractivity (Wildman–Crippen MR) is 91.8 cm³/mol. The van der Waals surface area contributed by atoms with Crippen molar-refractivity contribution in [3.8, 4) is 5.75 Å². The predicted octanol–water partition coefficient (Wildman–Crippen LogP) is 2.02. The highest BCUT2D eigenvalue weighted by Gasteiger charge is 2.23. The molecule has 25 heavy (non-hydrogen) atoms. The number of benzene rings is 2. The Bertz CT molecular complexity index is 728. The van der Waals surface area contributed by atoms with Crippen molar-refractivity contribution in [1.29, 1.82) is 0 Å². The smallest absolute Gasteiger partial charge is 0.253 e. The number of piperazine rings is 1. The Hall–Kier alpha value is -2.44. The molecule has 1 atom stereocenters. The van der Waals surface area contributed by atoms with Crippen molar-refractivity contribution in [2.45, 2.75) is 6.10 Å². The lowest BCUT2D eigenvalue weighted by atomic mass is 10.1. The van der Waals surface area contributed by atoms with E-state index in [1.807, 2.05) is 0 Å². The molecular weight excluding hydrogens is 323 g/mol. The number of carbonyl (C=O) groups is 1. The second-order valence-electron chi connectivity index (χ2n) is 6.21. The largest absolute Gasteiger partial charge is 0.508 e. The standard InChI is InChI=1S/C19H21FN2O3/c20-16-3-1-2-15(12-16)18(24)13-21-8-10-22(11-9-21)19(25)14-4-6-17(23)7-5-14/h1-7,12,18,23-24H,8-11,13H2. The molecule has 2 aromatic rings. The number of halogens is 1. The Kier molecular flexibility index (Phi) is 5.31. The van der Waals surface area contributed by atoms with E-state index >= 15 is 0 Å². The van der Waals surface area contributed by atoms with E-state index in [4.69, 9.17) is 0 Å². The van der Waals surface area contributed by atoms with Crippen molar-refractivity contribution in [2.75, 3.05) is 32.7 Å². The van der Waals surface area contributed by atoms with Crippen LogP contribution in [0.15, 0.2) is 48.5 Å². The fraction of sp³-hybridized carbons (Fsp3) is 0.316. The highest BCUT2D eigenvalue weighted by Crippen LogP contribution is 2.17. The molecule has 1 aliphatic heterocycles. The summed E-state index contributed by atoms with van der Waals surface area (Å²) in [7, 11) is 0. The lowest BCUT2D eigenvalue weighted by molar-refractivity contribution is 0.0527. The van der Waals surface area contributed by atoms with Crippen molar-refractivity contribution >= 4 is 5.91 Å². The summed E-state index contributed by atoms with van der Waals surface area (Å²) in [4.78, 5) is 16.3. The van der Waals surface area contributed by atoms with E-state index in [0.717, 1.165) is 0 Å². The summed E-state index contributed by atoms with van der Waals surface area (Å²) in [5.41, 5.74) is 1.11.